The molecule has 134 valence electrons. The number of nitrogens with zero attached hydrogens (tertiary/aromatic N) is 2. The van der Waals surface area contributed by atoms with E-state index >= 15 is 0 Å². The van der Waals surface area contributed by atoms with Crippen LogP contribution >= 0.6 is 0 Å². The van der Waals surface area contributed by atoms with E-state index in [1.54, 1.807) is 42.5 Å². The van der Waals surface area contributed by atoms with Crippen LogP contribution in [0.2, 0.25) is 0 Å². The van der Waals surface area contributed by atoms with E-state index in [0.29, 0.717) is 22.7 Å². The SMILES string of the molecule is CC(=O)N(CC(=O)Nc1ccc(C#N)cc1)c1ccccc1OC(C)C. The number of nitrogens with one attached hydrogen (secondary N) is 1. The van der Waals surface area contributed by atoms with Crippen LogP contribution in [-0.4, -0.2) is 24.5 Å². The average Bonchev–Trinajstić information content (AvgIpc) is 2.60. The molecule has 0 saturated heterocycles. The van der Waals surface area contributed by atoms with Crippen LogP contribution in [0.4, 0.5) is 11.4 Å². The van der Waals surface area contributed by atoms with Gasteiger partial charge in [-0.1, -0.05) is 12.1 Å². The Bertz CT molecular complexity index is 823. The summed E-state index contributed by atoms with van der Waals surface area (Å²) in [6.07, 6.45) is -0.0579. The first kappa shape index (κ1) is 19.0. The largest absolute Gasteiger partial charge is 0.489 e. The van der Waals surface area contributed by atoms with Crippen LogP contribution < -0.4 is 15.0 Å². The highest BCUT2D eigenvalue weighted by Crippen LogP contribution is 2.29. The number of hydrogen-bond donors (Lipinski definition) is 1. The molecule has 0 heterocycles. The van der Waals surface area contributed by atoms with Crippen molar-refractivity contribution in [2.24, 2.45) is 0 Å². The van der Waals surface area contributed by atoms with Gasteiger partial charge in [0.2, 0.25) is 11.8 Å². The molecule has 0 aliphatic rings. The number of carbonyl (C=O) groups is 2. The number of anilines is 2. The summed E-state index contributed by atoms with van der Waals surface area (Å²) in [6.45, 7) is 5.05. The first-order valence-corrected chi connectivity index (χ1v) is 8.24. The Morgan fingerprint density at radius 3 is 2.38 bits per heavy atom. The van der Waals surface area contributed by atoms with Gasteiger partial charge in [-0.3, -0.25) is 14.5 Å². The van der Waals surface area contributed by atoms with Crippen molar-refractivity contribution in [3.63, 3.8) is 0 Å². The molecule has 0 saturated carbocycles. The van der Waals surface area contributed by atoms with Crippen LogP contribution in [0, 0.1) is 11.3 Å². The maximum absolute atomic E-state index is 12.4. The molecule has 2 rings (SSSR count). The molecule has 0 radical (unpaired) electrons. The zero-order valence-corrected chi connectivity index (χ0v) is 15.0. The van der Waals surface area contributed by atoms with Gasteiger partial charge in [0.1, 0.15) is 12.3 Å². The van der Waals surface area contributed by atoms with E-state index in [-0.39, 0.29) is 24.5 Å². The minimum atomic E-state index is -0.343. The molecule has 0 unspecified atom stereocenters. The fourth-order valence-electron chi connectivity index (χ4n) is 2.37. The molecule has 0 aliphatic heterocycles. The summed E-state index contributed by atoms with van der Waals surface area (Å²) in [7, 11) is 0. The number of amides is 2. The second kappa shape index (κ2) is 8.67. The molecule has 6 heteroatoms. The van der Waals surface area contributed by atoms with Crippen molar-refractivity contribution in [1.29, 1.82) is 5.26 Å². The van der Waals surface area contributed by atoms with E-state index in [1.807, 2.05) is 26.0 Å². The van der Waals surface area contributed by atoms with Crippen molar-refractivity contribution in [3.05, 3.63) is 54.1 Å². The molecule has 26 heavy (non-hydrogen) atoms. The predicted octanol–water partition coefficient (Wildman–Crippen LogP) is 3.34. The van der Waals surface area contributed by atoms with Gasteiger partial charge in [-0.05, 0) is 50.2 Å². The quantitative estimate of drug-likeness (QED) is 0.865. The van der Waals surface area contributed by atoms with Crippen LogP contribution in [0.1, 0.15) is 26.3 Å². The number of benzene rings is 2. The van der Waals surface area contributed by atoms with Gasteiger partial charge >= 0.3 is 0 Å². The molecule has 2 aromatic carbocycles. The van der Waals surface area contributed by atoms with Crippen molar-refractivity contribution in [2.45, 2.75) is 26.9 Å². The Balaban J connectivity index is 2.16. The van der Waals surface area contributed by atoms with Gasteiger partial charge in [-0.15, -0.1) is 0 Å². The highest BCUT2D eigenvalue weighted by Gasteiger charge is 2.20. The molecular weight excluding hydrogens is 330 g/mol. The first-order valence-electron chi connectivity index (χ1n) is 8.24. The normalized spacial score (nSPS) is 10.1. The Kier molecular flexibility index (Phi) is 6.34. The Morgan fingerprint density at radius 1 is 1.15 bits per heavy atom. The number of hydrogen-bond acceptors (Lipinski definition) is 4. The second-order valence-electron chi connectivity index (χ2n) is 5.98. The fraction of sp³-hybridized carbons (Fsp3) is 0.250. The van der Waals surface area contributed by atoms with E-state index < -0.39 is 0 Å². The van der Waals surface area contributed by atoms with Gasteiger partial charge in [-0.25, -0.2) is 0 Å². The molecule has 0 aliphatic carbocycles. The fourth-order valence-corrected chi connectivity index (χ4v) is 2.37. The van der Waals surface area contributed by atoms with E-state index in [1.165, 1.54) is 11.8 Å². The Morgan fingerprint density at radius 2 is 1.81 bits per heavy atom. The summed E-state index contributed by atoms with van der Waals surface area (Å²) in [4.78, 5) is 25.9. The molecule has 2 amide bonds. The molecule has 2 aromatic rings. The van der Waals surface area contributed by atoms with E-state index in [4.69, 9.17) is 10.00 Å². The number of rotatable bonds is 6. The highest BCUT2D eigenvalue weighted by atomic mass is 16.5. The summed E-state index contributed by atoms with van der Waals surface area (Å²) >= 11 is 0. The van der Waals surface area contributed by atoms with E-state index in [9.17, 15) is 9.59 Å². The minimum absolute atomic E-state index is 0.0579. The molecular formula is C20H21N3O3. The predicted molar refractivity (Wildman–Crippen MR) is 100 cm³/mol. The van der Waals surface area contributed by atoms with E-state index in [2.05, 4.69) is 5.32 Å². The van der Waals surface area contributed by atoms with Crippen LogP contribution in [0.25, 0.3) is 0 Å². The molecule has 0 fully saturated rings. The van der Waals surface area contributed by atoms with Crippen molar-refractivity contribution in [2.75, 3.05) is 16.8 Å². The van der Waals surface area contributed by atoms with Gasteiger partial charge in [0.25, 0.3) is 0 Å². The summed E-state index contributed by atoms with van der Waals surface area (Å²) < 4.78 is 5.75. The number of carbonyl (C=O) groups excluding carboxylic acids is 2. The highest BCUT2D eigenvalue weighted by molar-refractivity contribution is 6.02. The van der Waals surface area contributed by atoms with Crippen LogP contribution in [0.5, 0.6) is 5.75 Å². The zero-order valence-electron chi connectivity index (χ0n) is 15.0. The van der Waals surface area contributed by atoms with Gasteiger partial charge in [0.05, 0.1) is 23.4 Å². The Hall–Kier alpha value is -3.33. The third-order valence-electron chi connectivity index (χ3n) is 3.50. The van der Waals surface area contributed by atoms with Crippen LogP contribution in [0.3, 0.4) is 0 Å². The van der Waals surface area contributed by atoms with Crippen molar-refractivity contribution in [1.82, 2.24) is 0 Å². The van der Waals surface area contributed by atoms with Crippen molar-refractivity contribution in [3.8, 4) is 11.8 Å². The summed E-state index contributed by atoms with van der Waals surface area (Å²) in [6, 6.07) is 15.7. The third kappa shape index (κ3) is 5.08. The number of ether oxygens (including phenoxy) is 1. The lowest BCUT2D eigenvalue weighted by molar-refractivity contribution is -0.120. The maximum Gasteiger partial charge on any atom is 0.244 e. The van der Waals surface area contributed by atoms with Gasteiger partial charge < -0.3 is 10.1 Å². The Labute approximate surface area is 153 Å². The average molecular weight is 351 g/mol. The first-order chi connectivity index (χ1) is 12.4. The number of para-hydroxylation sites is 2. The molecule has 0 spiro atoms. The van der Waals surface area contributed by atoms with Crippen molar-refractivity contribution >= 4 is 23.2 Å². The van der Waals surface area contributed by atoms with Crippen LogP contribution in [-0.2, 0) is 9.59 Å². The molecule has 6 nitrogen and oxygen atoms in total. The minimum Gasteiger partial charge on any atom is -0.489 e. The lowest BCUT2D eigenvalue weighted by Crippen LogP contribution is -2.37. The van der Waals surface area contributed by atoms with Gasteiger partial charge in [0.15, 0.2) is 0 Å². The van der Waals surface area contributed by atoms with E-state index in [0.717, 1.165) is 0 Å². The topological polar surface area (TPSA) is 82.4 Å². The molecule has 0 bridgehead atoms. The monoisotopic (exact) mass is 351 g/mol. The number of nitriles is 1. The molecule has 1 N–H and O–H groups in total. The van der Waals surface area contributed by atoms with Gasteiger partial charge in [-0.2, -0.15) is 5.26 Å². The molecule has 0 aromatic heterocycles. The third-order valence-corrected chi connectivity index (χ3v) is 3.50. The van der Waals surface area contributed by atoms with Crippen molar-refractivity contribution < 1.29 is 14.3 Å². The summed E-state index contributed by atoms with van der Waals surface area (Å²) in [5, 5.41) is 11.5. The summed E-state index contributed by atoms with van der Waals surface area (Å²) in [5.74, 6) is -0.0621. The second-order valence-corrected chi connectivity index (χ2v) is 5.98. The standard InChI is InChI=1S/C20H21N3O3/c1-14(2)26-19-7-5-4-6-18(19)23(15(3)24)13-20(25)22-17-10-8-16(12-21)9-11-17/h4-11,14H,13H2,1-3H3,(H,22,25). The maximum atomic E-state index is 12.4. The lowest BCUT2D eigenvalue weighted by atomic mass is 10.2. The lowest BCUT2D eigenvalue weighted by Gasteiger charge is -2.24. The van der Waals surface area contributed by atoms with Crippen LogP contribution in [0.15, 0.2) is 48.5 Å². The van der Waals surface area contributed by atoms with Gasteiger partial charge in [0, 0.05) is 12.6 Å². The summed E-state index contributed by atoms with van der Waals surface area (Å²) in [5.41, 5.74) is 1.61. The molecule has 0 atom stereocenters. The smallest absolute Gasteiger partial charge is 0.244 e. The zero-order chi connectivity index (χ0) is 19.1.